The lowest BCUT2D eigenvalue weighted by Crippen LogP contribution is -2.65. The molecule has 4 rings (SSSR count). The zero-order valence-electron chi connectivity index (χ0n) is 19.6. The van der Waals surface area contributed by atoms with Crippen molar-refractivity contribution in [1.29, 1.82) is 0 Å². The quantitative estimate of drug-likeness (QED) is 0.486. The molecule has 0 radical (unpaired) electrons. The van der Waals surface area contributed by atoms with E-state index in [4.69, 9.17) is 28.4 Å². The second-order valence-electron chi connectivity index (χ2n) is 9.54. The Labute approximate surface area is 187 Å². The molecule has 3 saturated heterocycles. The summed E-state index contributed by atoms with van der Waals surface area (Å²) in [6.45, 7) is 11.4. The zero-order chi connectivity index (χ0) is 23.5. The number of rotatable bonds is 5. The molecule has 4 heterocycles. The van der Waals surface area contributed by atoms with Gasteiger partial charge in [0.25, 0.3) is 5.70 Å². The molecule has 0 aromatic rings. The van der Waals surface area contributed by atoms with Crippen molar-refractivity contribution in [3.63, 3.8) is 0 Å². The fourth-order valence-corrected chi connectivity index (χ4v) is 5.80. The Balaban J connectivity index is 1.88. The maximum absolute atomic E-state index is 13.4. The van der Waals surface area contributed by atoms with E-state index in [0.29, 0.717) is 0 Å². The van der Waals surface area contributed by atoms with Crippen molar-refractivity contribution in [1.82, 2.24) is 0 Å². The third kappa shape index (κ3) is 3.52. The molecule has 32 heavy (non-hydrogen) atoms. The molecule has 10 nitrogen and oxygen atoms in total. The van der Waals surface area contributed by atoms with Gasteiger partial charge in [-0.1, -0.05) is 0 Å². The van der Waals surface area contributed by atoms with E-state index >= 15 is 0 Å². The van der Waals surface area contributed by atoms with Gasteiger partial charge >= 0.3 is 11.9 Å². The number of carbonyl (C=O) groups is 2. The van der Waals surface area contributed by atoms with E-state index in [0.717, 1.165) is 0 Å². The standard InChI is InChI=1S/C22H33NO9/c1-7-27-19(25)14-12(24)9-10-23(14)15(13-11-29-21(3,4)30-13)17-18(32-22(5,6)31-17)16(23)20(26)28-8-2/h13,15-18H,7-11H2,1-6H3/p+1. The molecule has 0 aromatic carbocycles. The lowest BCUT2D eigenvalue weighted by atomic mass is 10.0. The van der Waals surface area contributed by atoms with E-state index in [1.807, 2.05) is 13.8 Å². The Morgan fingerprint density at radius 3 is 2.28 bits per heavy atom. The summed E-state index contributed by atoms with van der Waals surface area (Å²) in [7, 11) is 0. The third-order valence-corrected chi connectivity index (χ3v) is 6.66. The largest absolute Gasteiger partial charge is 0.506 e. The summed E-state index contributed by atoms with van der Waals surface area (Å²) in [4.78, 5) is 26.5. The second kappa shape index (κ2) is 7.95. The van der Waals surface area contributed by atoms with Crippen LogP contribution in [0.2, 0.25) is 0 Å². The number of fused-ring (bicyclic) bond motifs is 1. The molecule has 6 atom stereocenters. The molecule has 0 bridgehead atoms. The van der Waals surface area contributed by atoms with Crippen LogP contribution < -0.4 is 0 Å². The molecule has 0 aromatic heterocycles. The van der Waals surface area contributed by atoms with Crippen LogP contribution in [0.5, 0.6) is 0 Å². The Kier molecular flexibility index (Phi) is 5.82. The molecule has 10 heteroatoms. The summed E-state index contributed by atoms with van der Waals surface area (Å²) in [5.41, 5.74) is 0.0441. The molecule has 1 N–H and O–H groups in total. The number of aliphatic hydroxyl groups is 1. The highest BCUT2D eigenvalue weighted by Gasteiger charge is 2.76. The first-order valence-corrected chi connectivity index (χ1v) is 11.3. The minimum atomic E-state index is -0.937. The Bertz CT molecular complexity index is 822. The normalized spacial score (nSPS) is 39.5. The van der Waals surface area contributed by atoms with Crippen molar-refractivity contribution in [2.24, 2.45) is 0 Å². The lowest BCUT2D eigenvalue weighted by Gasteiger charge is -2.43. The maximum Gasteiger partial charge on any atom is 0.396 e. The molecule has 1 spiro atoms. The number of hydrogen-bond acceptors (Lipinski definition) is 9. The summed E-state index contributed by atoms with van der Waals surface area (Å²) in [5.74, 6) is -3.05. The van der Waals surface area contributed by atoms with E-state index in [9.17, 15) is 14.7 Å². The van der Waals surface area contributed by atoms with Gasteiger partial charge in [-0.15, -0.1) is 0 Å². The topological polar surface area (TPSA) is 110 Å². The molecule has 180 valence electrons. The van der Waals surface area contributed by atoms with E-state index in [1.165, 1.54) is 0 Å². The number of nitrogens with zero attached hydrogens (tertiary/aromatic N) is 1. The summed E-state index contributed by atoms with van der Waals surface area (Å²) in [6, 6.07) is -1.48. The van der Waals surface area contributed by atoms with Gasteiger partial charge in [0, 0.05) is 0 Å². The van der Waals surface area contributed by atoms with Gasteiger partial charge in [-0.25, -0.2) is 9.59 Å². The predicted octanol–water partition coefficient (Wildman–Crippen LogP) is 1.53. The SMILES string of the molecule is CCOC(=O)C1=C(O)CC[N+]12C(C(=O)OCC)C1OC(C)(C)OC1C2C1COC(C)(C)O1. The van der Waals surface area contributed by atoms with Crippen molar-refractivity contribution >= 4 is 11.9 Å². The van der Waals surface area contributed by atoms with E-state index in [-0.39, 0.29) is 48.7 Å². The summed E-state index contributed by atoms with van der Waals surface area (Å²) in [6.07, 6.45) is -1.58. The molecule has 4 aliphatic heterocycles. The predicted molar refractivity (Wildman–Crippen MR) is 109 cm³/mol. The van der Waals surface area contributed by atoms with Gasteiger partial charge in [0.05, 0.1) is 32.8 Å². The van der Waals surface area contributed by atoms with Crippen LogP contribution in [0.25, 0.3) is 0 Å². The second-order valence-corrected chi connectivity index (χ2v) is 9.54. The highest BCUT2D eigenvalue weighted by atomic mass is 16.8. The minimum absolute atomic E-state index is 0.0441. The highest BCUT2D eigenvalue weighted by molar-refractivity contribution is 5.88. The average molecular weight is 457 g/mol. The van der Waals surface area contributed by atoms with Gasteiger partial charge in [0.1, 0.15) is 12.2 Å². The van der Waals surface area contributed by atoms with Crippen LogP contribution in [-0.4, -0.2) is 89.9 Å². The van der Waals surface area contributed by atoms with Crippen molar-refractivity contribution in [3.8, 4) is 0 Å². The molecule has 6 unspecified atom stereocenters. The van der Waals surface area contributed by atoms with Crippen molar-refractivity contribution in [2.45, 2.75) is 89.9 Å². The van der Waals surface area contributed by atoms with E-state index in [2.05, 4.69) is 0 Å². The number of carbonyl (C=O) groups excluding carboxylic acids is 2. The van der Waals surface area contributed by atoms with Crippen LogP contribution in [0.4, 0.5) is 0 Å². The average Bonchev–Trinajstić information content (AvgIpc) is 3.35. The number of aliphatic hydroxyl groups excluding tert-OH is 1. The Morgan fingerprint density at radius 2 is 1.69 bits per heavy atom. The summed E-state index contributed by atoms with van der Waals surface area (Å²) >= 11 is 0. The monoisotopic (exact) mass is 456 g/mol. The van der Waals surface area contributed by atoms with Gasteiger partial charge in [0.15, 0.2) is 29.5 Å². The van der Waals surface area contributed by atoms with Crippen LogP contribution in [0.1, 0.15) is 48.0 Å². The fourth-order valence-electron chi connectivity index (χ4n) is 5.80. The molecule has 0 amide bonds. The minimum Gasteiger partial charge on any atom is -0.506 e. The number of hydrogen-bond donors (Lipinski definition) is 1. The lowest BCUT2D eigenvalue weighted by molar-refractivity contribution is -0.917. The molecule has 4 aliphatic rings. The van der Waals surface area contributed by atoms with Gasteiger partial charge in [-0.05, 0) is 41.5 Å². The van der Waals surface area contributed by atoms with Gasteiger partial charge in [-0.3, -0.25) is 4.48 Å². The van der Waals surface area contributed by atoms with Gasteiger partial charge in [-0.2, -0.15) is 0 Å². The molecule has 3 fully saturated rings. The Morgan fingerprint density at radius 1 is 1.03 bits per heavy atom. The maximum atomic E-state index is 13.4. The zero-order valence-corrected chi connectivity index (χ0v) is 19.6. The van der Waals surface area contributed by atoms with Gasteiger partial charge < -0.3 is 33.5 Å². The van der Waals surface area contributed by atoms with Crippen LogP contribution in [0.15, 0.2) is 11.5 Å². The van der Waals surface area contributed by atoms with Crippen LogP contribution in [0, 0.1) is 0 Å². The highest BCUT2D eigenvalue weighted by Crippen LogP contribution is 2.53. The number of quaternary nitrogens is 1. The Hall–Kier alpha value is -1.72. The van der Waals surface area contributed by atoms with Crippen molar-refractivity contribution in [3.05, 3.63) is 11.5 Å². The van der Waals surface area contributed by atoms with Crippen molar-refractivity contribution in [2.75, 3.05) is 26.4 Å². The molecular weight excluding hydrogens is 422 g/mol. The van der Waals surface area contributed by atoms with Gasteiger partial charge in [0.2, 0.25) is 6.04 Å². The van der Waals surface area contributed by atoms with Crippen LogP contribution in [-0.2, 0) is 38.0 Å². The van der Waals surface area contributed by atoms with E-state index < -0.39 is 53.9 Å². The van der Waals surface area contributed by atoms with Crippen LogP contribution >= 0.6 is 0 Å². The first kappa shape index (κ1) is 23.4. The summed E-state index contributed by atoms with van der Waals surface area (Å²) in [5, 5.41) is 10.8. The fraction of sp³-hybridized carbons (Fsp3) is 0.818. The molecule has 0 saturated carbocycles. The third-order valence-electron chi connectivity index (χ3n) is 6.66. The van der Waals surface area contributed by atoms with Crippen molar-refractivity contribution < 1.29 is 47.6 Å². The van der Waals surface area contributed by atoms with Crippen LogP contribution in [0.3, 0.4) is 0 Å². The number of esters is 2. The first-order valence-electron chi connectivity index (χ1n) is 11.3. The molecule has 0 aliphatic carbocycles. The first-order chi connectivity index (χ1) is 15.0. The van der Waals surface area contributed by atoms with E-state index in [1.54, 1.807) is 27.7 Å². The molecular formula is C22H34NO9+. The summed E-state index contributed by atoms with van der Waals surface area (Å²) < 4.78 is 35.1. The smallest absolute Gasteiger partial charge is 0.396 e. The number of ether oxygens (including phenoxy) is 6.